The second-order valence-electron chi connectivity index (χ2n) is 4.26. The Labute approximate surface area is 112 Å². The van der Waals surface area contributed by atoms with E-state index in [1.54, 1.807) is 23.9 Å². The van der Waals surface area contributed by atoms with Gasteiger partial charge in [-0.25, -0.2) is 4.39 Å². The van der Waals surface area contributed by atoms with Gasteiger partial charge < -0.3 is 0 Å². The molecule has 0 aliphatic carbocycles. The van der Waals surface area contributed by atoms with Gasteiger partial charge in [-0.05, 0) is 37.1 Å². The Morgan fingerprint density at radius 1 is 1.50 bits per heavy atom. The molecule has 0 fully saturated rings. The van der Waals surface area contributed by atoms with E-state index in [9.17, 15) is 4.39 Å². The molecule has 0 aromatic heterocycles. The highest BCUT2D eigenvalue weighted by Crippen LogP contribution is 2.41. The second-order valence-corrected chi connectivity index (χ2v) is 5.60. The third kappa shape index (κ3) is 2.72. The van der Waals surface area contributed by atoms with Crippen LogP contribution in [0.25, 0.3) is 0 Å². The van der Waals surface area contributed by atoms with Crippen LogP contribution in [0.1, 0.15) is 25.5 Å². The Balaban J connectivity index is 2.31. The maximum absolute atomic E-state index is 13.3. The van der Waals surface area contributed by atoms with Crippen molar-refractivity contribution in [1.29, 1.82) is 0 Å². The van der Waals surface area contributed by atoms with Crippen LogP contribution in [0.15, 0.2) is 53.6 Å². The molecule has 1 nitrogen and oxygen atoms in total. The zero-order chi connectivity index (χ0) is 13.1. The van der Waals surface area contributed by atoms with Crippen LogP contribution in [0, 0.1) is 5.82 Å². The molecule has 1 aromatic carbocycles. The fraction of sp³-hybridized carbons (Fsp3) is 0.267. The van der Waals surface area contributed by atoms with Crippen molar-refractivity contribution in [3.8, 4) is 0 Å². The summed E-state index contributed by atoms with van der Waals surface area (Å²) in [5.41, 5.74) is 1.94. The van der Waals surface area contributed by atoms with Gasteiger partial charge in [0.05, 0.1) is 16.3 Å². The summed E-state index contributed by atoms with van der Waals surface area (Å²) >= 11 is 1.70. The molecule has 0 spiro atoms. The summed E-state index contributed by atoms with van der Waals surface area (Å²) in [4.78, 5) is 4.60. The zero-order valence-electron chi connectivity index (χ0n) is 10.6. The van der Waals surface area contributed by atoms with Crippen molar-refractivity contribution in [1.82, 2.24) is 0 Å². The second kappa shape index (κ2) is 5.53. The van der Waals surface area contributed by atoms with Gasteiger partial charge in [-0.3, -0.25) is 4.99 Å². The fourth-order valence-corrected chi connectivity index (χ4v) is 3.19. The van der Waals surface area contributed by atoms with E-state index in [1.807, 2.05) is 32.1 Å². The number of hydrogen-bond donors (Lipinski definition) is 0. The van der Waals surface area contributed by atoms with Crippen molar-refractivity contribution in [2.24, 2.45) is 4.99 Å². The van der Waals surface area contributed by atoms with Crippen LogP contribution in [-0.4, -0.2) is 10.3 Å². The first-order chi connectivity index (χ1) is 8.61. The number of thioether (sulfide) groups is 1. The summed E-state index contributed by atoms with van der Waals surface area (Å²) in [5, 5.41) is 1.20. The largest absolute Gasteiger partial charge is 0.274 e. The Hall–Kier alpha value is -1.35. The smallest absolute Gasteiger partial charge is 0.123 e. The molecule has 94 valence electrons. The minimum atomic E-state index is -0.215. The Morgan fingerprint density at radius 2 is 2.28 bits per heavy atom. The van der Waals surface area contributed by atoms with E-state index >= 15 is 0 Å². The van der Waals surface area contributed by atoms with Gasteiger partial charge in [0.1, 0.15) is 5.82 Å². The van der Waals surface area contributed by atoms with Crippen LogP contribution in [0.2, 0.25) is 0 Å². The Kier molecular flexibility index (Phi) is 4.02. The van der Waals surface area contributed by atoms with Gasteiger partial charge in [-0.1, -0.05) is 30.9 Å². The minimum absolute atomic E-state index is 0.0330. The third-order valence-electron chi connectivity index (χ3n) is 2.84. The maximum atomic E-state index is 13.3. The Morgan fingerprint density at radius 3 is 2.94 bits per heavy atom. The van der Waals surface area contributed by atoms with Crippen molar-refractivity contribution in [3.05, 3.63) is 60.0 Å². The quantitative estimate of drug-likeness (QED) is 0.728. The lowest BCUT2D eigenvalue weighted by molar-refractivity contribution is 0.621. The highest BCUT2D eigenvalue weighted by Gasteiger charge is 2.30. The number of allylic oxidation sites excluding steroid dienone is 2. The van der Waals surface area contributed by atoms with Gasteiger partial charge in [-0.15, -0.1) is 11.8 Å². The molecule has 0 radical (unpaired) electrons. The predicted molar refractivity (Wildman–Crippen MR) is 77.6 cm³/mol. The summed E-state index contributed by atoms with van der Waals surface area (Å²) in [6.45, 7) is 8.04. The van der Waals surface area contributed by atoms with Crippen molar-refractivity contribution < 1.29 is 4.39 Å². The molecule has 0 saturated carbocycles. The van der Waals surface area contributed by atoms with E-state index in [-0.39, 0.29) is 17.1 Å². The molecule has 2 rings (SSSR count). The molecule has 0 amide bonds. The summed E-state index contributed by atoms with van der Waals surface area (Å²) in [6, 6.07) is 6.64. The van der Waals surface area contributed by atoms with Crippen molar-refractivity contribution in [2.45, 2.75) is 25.1 Å². The first-order valence-electron chi connectivity index (χ1n) is 5.90. The van der Waals surface area contributed by atoms with Gasteiger partial charge in [0.25, 0.3) is 0 Å². The molecule has 1 aliphatic heterocycles. The first-order valence-corrected chi connectivity index (χ1v) is 6.78. The lowest BCUT2D eigenvalue weighted by Gasteiger charge is -2.18. The predicted octanol–water partition coefficient (Wildman–Crippen LogP) is 4.53. The summed E-state index contributed by atoms with van der Waals surface area (Å²) in [7, 11) is 0. The maximum Gasteiger partial charge on any atom is 0.123 e. The molecule has 2 unspecified atom stereocenters. The Bertz CT molecular complexity index is 519. The molecule has 18 heavy (non-hydrogen) atoms. The van der Waals surface area contributed by atoms with Crippen LogP contribution >= 0.6 is 11.8 Å². The lowest BCUT2D eigenvalue weighted by atomic mass is 9.99. The number of halogens is 1. The van der Waals surface area contributed by atoms with Gasteiger partial charge in [0, 0.05) is 0 Å². The van der Waals surface area contributed by atoms with E-state index in [0.717, 1.165) is 16.2 Å². The average molecular weight is 261 g/mol. The van der Waals surface area contributed by atoms with E-state index in [0.29, 0.717) is 0 Å². The van der Waals surface area contributed by atoms with Crippen LogP contribution in [0.3, 0.4) is 0 Å². The average Bonchev–Trinajstić information content (AvgIpc) is 2.72. The number of benzene rings is 1. The number of aliphatic imine (C=N–C) groups is 1. The molecule has 1 heterocycles. The molecular weight excluding hydrogens is 245 g/mol. The lowest BCUT2D eigenvalue weighted by Crippen LogP contribution is -2.11. The first kappa shape index (κ1) is 13.1. The standard InChI is InChI=1S/C15H16FNS/c1-4-6-10(2)15-14(17-11(3)18-15)12-7-5-8-13(16)9-12/h4-9,14-15H,2H2,1,3H3/b6-4-. The van der Waals surface area contributed by atoms with Gasteiger partial charge in [0.2, 0.25) is 0 Å². The van der Waals surface area contributed by atoms with Crippen LogP contribution in [0.4, 0.5) is 4.39 Å². The number of rotatable bonds is 3. The topological polar surface area (TPSA) is 12.4 Å². The molecule has 1 aliphatic rings. The third-order valence-corrected chi connectivity index (χ3v) is 4.10. The molecule has 3 heteroatoms. The van der Waals surface area contributed by atoms with Gasteiger partial charge in [-0.2, -0.15) is 0 Å². The van der Waals surface area contributed by atoms with Gasteiger partial charge >= 0.3 is 0 Å². The number of hydrogen-bond acceptors (Lipinski definition) is 2. The molecule has 0 saturated heterocycles. The van der Waals surface area contributed by atoms with E-state index in [1.165, 1.54) is 6.07 Å². The highest BCUT2D eigenvalue weighted by molar-refractivity contribution is 8.14. The molecule has 1 aromatic rings. The molecule has 0 N–H and O–H groups in total. The van der Waals surface area contributed by atoms with Gasteiger partial charge in [0.15, 0.2) is 0 Å². The van der Waals surface area contributed by atoms with E-state index in [2.05, 4.69) is 11.6 Å². The van der Waals surface area contributed by atoms with Crippen LogP contribution < -0.4 is 0 Å². The summed E-state index contributed by atoms with van der Waals surface area (Å²) in [5.74, 6) is -0.215. The van der Waals surface area contributed by atoms with Crippen LogP contribution in [-0.2, 0) is 0 Å². The van der Waals surface area contributed by atoms with E-state index < -0.39 is 0 Å². The monoisotopic (exact) mass is 261 g/mol. The van der Waals surface area contributed by atoms with Crippen molar-refractivity contribution in [3.63, 3.8) is 0 Å². The number of nitrogens with zero attached hydrogens (tertiary/aromatic N) is 1. The normalized spacial score (nSPS) is 23.4. The zero-order valence-corrected chi connectivity index (χ0v) is 11.4. The molecule has 2 atom stereocenters. The van der Waals surface area contributed by atoms with Crippen molar-refractivity contribution >= 4 is 16.8 Å². The minimum Gasteiger partial charge on any atom is -0.274 e. The fourth-order valence-electron chi connectivity index (χ4n) is 2.07. The van der Waals surface area contributed by atoms with Crippen molar-refractivity contribution in [2.75, 3.05) is 0 Å². The summed E-state index contributed by atoms with van der Waals surface area (Å²) in [6.07, 6.45) is 3.97. The highest BCUT2D eigenvalue weighted by atomic mass is 32.2. The van der Waals surface area contributed by atoms with E-state index in [4.69, 9.17) is 0 Å². The van der Waals surface area contributed by atoms with Crippen LogP contribution in [0.5, 0.6) is 0 Å². The molecule has 0 bridgehead atoms. The molecular formula is C15H16FNS. The summed E-state index contributed by atoms with van der Waals surface area (Å²) < 4.78 is 13.3. The SMILES string of the molecule is C=C(/C=C\C)C1SC(C)=NC1c1cccc(F)c1.